The molecule has 0 spiro atoms. The highest BCUT2D eigenvalue weighted by Crippen LogP contribution is 2.26. The second-order valence-electron chi connectivity index (χ2n) is 5.25. The maximum atomic E-state index is 12.2. The van der Waals surface area contributed by atoms with Gasteiger partial charge in [0.2, 0.25) is 5.91 Å². The van der Waals surface area contributed by atoms with Gasteiger partial charge in [-0.3, -0.25) is 9.78 Å². The summed E-state index contributed by atoms with van der Waals surface area (Å²) < 4.78 is 1.96. The number of nitrogens with one attached hydrogen (secondary N) is 1. The number of rotatable bonds is 6. The molecule has 26 heavy (non-hydrogen) atoms. The predicted molar refractivity (Wildman–Crippen MR) is 105 cm³/mol. The number of anilines is 1. The van der Waals surface area contributed by atoms with Gasteiger partial charge in [0, 0.05) is 30.2 Å². The number of hydrogen-bond acceptors (Lipinski definition) is 5. The van der Waals surface area contributed by atoms with E-state index in [1.807, 2.05) is 23.6 Å². The molecule has 3 rings (SSSR count). The monoisotopic (exact) mass is 407 g/mol. The number of thioether (sulfide) groups is 1. The van der Waals surface area contributed by atoms with E-state index < -0.39 is 0 Å². The van der Waals surface area contributed by atoms with E-state index in [0.29, 0.717) is 27.4 Å². The van der Waals surface area contributed by atoms with Crippen molar-refractivity contribution in [2.75, 3.05) is 11.1 Å². The van der Waals surface area contributed by atoms with Crippen LogP contribution in [0.4, 0.5) is 5.69 Å². The first-order valence-corrected chi connectivity index (χ1v) is 9.54. The van der Waals surface area contributed by atoms with E-state index in [1.165, 1.54) is 11.8 Å². The molecular formula is C17H15Cl2N5OS. The Hall–Kier alpha value is -2.09. The van der Waals surface area contributed by atoms with Crippen molar-refractivity contribution in [1.82, 2.24) is 19.7 Å². The first-order chi connectivity index (χ1) is 12.6. The van der Waals surface area contributed by atoms with Crippen LogP contribution in [0.2, 0.25) is 10.0 Å². The molecule has 0 atom stereocenters. The third-order valence-corrected chi connectivity index (χ3v) is 5.21. The fourth-order valence-corrected chi connectivity index (χ4v) is 3.40. The Morgan fingerprint density at radius 3 is 2.62 bits per heavy atom. The molecule has 0 aliphatic carbocycles. The average Bonchev–Trinajstić information content (AvgIpc) is 3.07. The summed E-state index contributed by atoms with van der Waals surface area (Å²) in [6.45, 7) is 2.70. The molecule has 2 aromatic heterocycles. The van der Waals surface area contributed by atoms with Gasteiger partial charge in [-0.25, -0.2) is 0 Å². The van der Waals surface area contributed by atoms with E-state index in [2.05, 4.69) is 20.5 Å². The van der Waals surface area contributed by atoms with Crippen LogP contribution in [-0.2, 0) is 11.3 Å². The molecule has 2 heterocycles. The maximum absolute atomic E-state index is 12.2. The second-order valence-corrected chi connectivity index (χ2v) is 7.01. The molecule has 0 saturated heterocycles. The van der Waals surface area contributed by atoms with Gasteiger partial charge in [-0.15, -0.1) is 10.2 Å². The van der Waals surface area contributed by atoms with Gasteiger partial charge >= 0.3 is 0 Å². The Kier molecular flexibility index (Phi) is 6.13. The molecule has 0 aliphatic rings. The van der Waals surface area contributed by atoms with E-state index in [-0.39, 0.29) is 11.7 Å². The number of carbonyl (C=O) groups is 1. The molecule has 1 aromatic carbocycles. The van der Waals surface area contributed by atoms with Crippen LogP contribution < -0.4 is 5.32 Å². The number of aromatic nitrogens is 4. The van der Waals surface area contributed by atoms with Gasteiger partial charge in [0.1, 0.15) is 0 Å². The van der Waals surface area contributed by atoms with Gasteiger partial charge in [0.25, 0.3) is 0 Å². The smallest absolute Gasteiger partial charge is 0.234 e. The summed E-state index contributed by atoms with van der Waals surface area (Å²) in [6, 6.07) is 8.71. The van der Waals surface area contributed by atoms with Gasteiger partial charge in [0.05, 0.1) is 15.8 Å². The number of carbonyl (C=O) groups excluding carboxylic acids is 1. The summed E-state index contributed by atoms with van der Waals surface area (Å²) in [5, 5.41) is 12.8. The number of halogens is 2. The molecule has 1 amide bonds. The SMILES string of the molecule is CCn1c(SCC(=O)Nc2ccc(Cl)c(Cl)c2)nnc1-c1ccncc1. The van der Waals surface area contributed by atoms with Crippen molar-refractivity contribution in [2.45, 2.75) is 18.6 Å². The molecule has 0 saturated carbocycles. The summed E-state index contributed by atoms with van der Waals surface area (Å²) >= 11 is 13.2. The summed E-state index contributed by atoms with van der Waals surface area (Å²) in [4.78, 5) is 16.2. The number of amides is 1. The Morgan fingerprint density at radius 1 is 1.15 bits per heavy atom. The van der Waals surface area contributed by atoms with Gasteiger partial charge in [-0.1, -0.05) is 35.0 Å². The van der Waals surface area contributed by atoms with Gasteiger partial charge < -0.3 is 9.88 Å². The molecule has 6 nitrogen and oxygen atoms in total. The minimum absolute atomic E-state index is 0.162. The van der Waals surface area contributed by atoms with E-state index in [9.17, 15) is 4.79 Å². The van der Waals surface area contributed by atoms with Crippen molar-refractivity contribution in [2.24, 2.45) is 0 Å². The largest absolute Gasteiger partial charge is 0.325 e. The Bertz CT molecular complexity index is 917. The summed E-state index contributed by atoms with van der Waals surface area (Å²) in [5.41, 5.74) is 1.53. The highest BCUT2D eigenvalue weighted by atomic mass is 35.5. The van der Waals surface area contributed by atoms with Crippen molar-refractivity contribution >= 4 is 46.6 Å². The van der Waals surface area contributed by atoms with Crippen LogP contribution in [-0.4, -0.2) is 31.4 Å². The van der Waals surface area contributed by atoms with Crippen LogP contribution >= 0.6 is 35.0 Å². The predicted octanol–water partition coefficient (Wildman–Crippen LogP) is 4.40. The highest BCUT2D eigenvalue weighted by molar-refractivity contribution is 7.99. The van der Waals surface area contributed by atoms with Crippen LogP contribution in [0.1, 0.15) is 6.92 Å². The summed E-state index contributed by atoms with van der Waals surface area (Å²) in [6.07, 6.45) is 3.42. The van der Waals surface area contributed by atoms with Gasteiger partial charge in [-0.2, -0.15) is 0 Å². The van der Waals surface area contributed by atoms with E-state index in [4.69, 9.17) is 23.2 Å². The molecule has 0 bridgehead atoms. The molecule has 0 aliphatic heterocycles. The van der Waals surface area contributed by atoms with E-state index in [1.54, 1.807) is 30.6 Å². The molecule has 0 radical (unpaired) electrons. The number of nitrogens with zero attached hydrogens (tertiary/aromatic N) is 4. The van der Waals surface area contributed by atoms with Gasteiger partial charge in [0.15, 0.2) is 11.0 Å². The van der Waals surface area contributed by atoms with Crippen LogP contribution in [0.25, 0.3) is 11.4 Å². The normalized spacial score (nSPS) is 10.7. The molecule has 9 heteroatoms. The van der Waals surface area contributed by atoms with Crippen molar-refractivity contribution in [1.29, 1.82) is 0 Å². The average molecular weight is 408 g/mol. The minimum atomic E-state index is -0.162. The van der Waals surface area contributed by atoms with Crippen molar-refractivity contribution < 1.29 is 4.79 Å². The highest BCUT2D eigenvalue weighted by Gasteiger charge is 2.14. The fraction of sp³-hybridized carbons (Fsp3) is 0.176. The lowest BCUT2D eigenvalue weighted by Crippen LogP contribution is -2.14. The van der Waals surface area contributed by atoms with E-state index >= 15 is 0 Å². The third kappa shape index (κ3) is 4.35. The van der Waals surface area contributed by atoms with Crippen LogP contribution in [0.5, 0.6) is 0 Å². The summed E-state index contributed by atoms with van der Waals surface area (Å²) in [7, 11) is 0. The lowest BCUT2D eigenvalue weighted by atomic mass is 10.2. The third-order valence-electron chi connectivity index (χ3n) is 3.51. The lowest BCUT2D eigenvalue weighted by molar-refractivity contribution is -0.113. The zero-order valence-electron chi connectivity index (χ0n) is 13.8. The van der Waals surface area contributed by atoms with Crippen molar-refractivity contribution in [3.63, 3.8) is 0 Å². The first-order valence-electron chi connectivity index (χ1n) is 7.79. The zero-order chi connectivity index (χ0) is 18.5. The number of hydrogen-bond donors (Lipinski definition) is 1. The molecule has 3 aromatic rings. The molecular weight excluding hydrogens is 393 g/mol. The quantitative estimate of drug-likeness (QED) is 0.613. The minimum Gasteiger partial charge on any atom is -0.325 e. The Labute approximate surface area is 164 Å². The molecule has 0 fully saturated rings. The zero-order valence-corrected chi connectivity index (χ0v) is 16.1. The second kappa shape index (κ2) is 8.53. The number of benzene rings is 1. The summed E-state index contributed by atoms with van der Waals surface area (Å²) in [5.74, 6) is 0.793. The standard InChI is InChI=1S/C17H15Cl2N5OS/c1-2-24-16(11-5-7-20-8-6-11)22-23-17(24)26-10-15(25)21-12-3-4-13(18)14(19)9-12/h3-9H,2,10H2,1H3,(H,21,25). The Morgan fingerprint density at radius 2 is 1.92 bits per heavy atom. The van der Waals surface area contributed by atoms with E-state index in [0.717, 1.165) is 11.4 Å². The maximum Gasteiger partial charge on any atom is 0.234 e. The Balaban J connectivity index is 1.67. The molecule has 0 unspecified atom stereocenters. The van der Waals surface area contributed by atoms with Crippen LogP contribution in [0, 0.1) is 0 Å². The van der Waals surface area contributed by atoms with Crippen molar-refractivity contribution in [3.8, 4) is 11.4 Å². The van der Waals surface area contributed by atoms with Crippen LogP contribution in [0.3, 0.4) is 0 Å². The lowest BCUT2D eigenvalue weighted by Gasteiger charge is -2.08. The van der Waals surface area contributed by atoms with Gasteiger partial charge in [-0.05, 0) is 37.3 Å². The fourth-order valence-electron chi connectivity index (χ4n) is 2.30. The van der Waals surface area contributed by atoms with Crippen LogP contribution in [0.15, 0.2) is 47.9 Å². The first kappa shape index (κ1) is 18.7. The number of pyridine rings is 1. The molecule has 134 valence electrons. The molecule has 1 N–H and O–H groups in total. The van der Waals surface area contributed by atoms with Crippen molar-refractivity contribution in [3.05, 3.63) is 52.8 Å². The topological polar surface area (TPSA) is 72.7 Å².